The molecule has 1 atom stereocenters. The molecule has 0 aromatic heterocycles. The minimum absolute atomic E-state index is 0.129. The molecule has 1 heterocycles. The van der Waals surface area contributed by atoms with E-state index in [1.165, 1.54) is 32.4 Å². The molecule has 1 aliphatic rings. The molecule has 0 saturated carbocycles. The standard InChI is InChI=1S/C11H22N2O2/c1-2-11(13(14)15)7-6-10-12-8-4-3-5-9-12/h11H,2-10H2,1H3. The molecule has 1 saturated heterocycles. The van der Waals surface area contributed by atoms with E-state index in [0.717, 1.165) is 19.4 Å². The van der Waals surface area contributed by atoms with Gasteiger partial charge in [0.2, 0.25) is 6.04 Å². The second-order valence-electron chi connectivity index (χ2n) is 4.39. The third kappa shape index (κ3) is 4.60. The highest BCUT2D eigenvalue weighted by atomic mass is 16.6. The average molecular weight is 214 g/mol. The smallest absolute Gasteiger partial charge is 0.212 e. The van der Waals surface area contributed by atoms with Gasteiger partial charge in [-0.3, -0.25) is 10.1 Å². The molecule has 0 amide bonds. The summed E-state index contributed by atoms with van der Waals surface area (Å²) in [6.45, 7) is 5.32. The van der Waals surface area contributed by atoms with E-state index in [4.69, 9.17) is 0 Å². The normalized spacial score (nSPS) is 20.1. The number of rotatable bonds is 6. The molecular formula is C11H22N2O2. The van der Waals surface area contributed by atoms with Crippen molar-refractivity contribution in [1.82, 2.24) is 4.90 Å². The molecule has 4 nitrogen and oxygen atoms in total. The highest BCUT2D eigenvalue weighted by molar-refractivity contribution is 4.65. The predicted molar refractivity (Wildman–Crippen MR) is 60.6 cm³/mol. The minimum Gasteiger partial charge on any atom is -0.303 e. The molecule has 0 aromatic rings. The van der Waals surface area contributed by atoms with Crippen LogP contribution in [0, 0.1) is 10.1 Å². The van der Waals surface area contributed by atoms with Crippen LogP contribution in [-0.2, 0) is 0 Å². The Morgan fingerprint density at radius 3 is 2.53 bits per heavy atom. The number of likely N-dealkylation sites (tertiary alicyclic amines) is 1. The first-order valence-electron chi connectivity index (χ1n) is 6.10. The maximum absolute atomic E-state index is 10.6. The van der Waals surface area contributed by atoms with Gasteiger partial charge in [0.05, 0.1) is 0 Å². The van der Waals surface area contributed by atoms with E-state index >= 15 is 0 Å². The van der Waals surface area contributed by atoms with Crippen LogP contribution in [0.15, 0.2) is 0 Å². The van der Waals surface area contributed by atoms with Crippen molar-refractivity contribution in [2.75, 3.05) is 19.6 Å². The zero-order valence-electron chi connectivity index (χ0n) is 9.65. The molecule has 0 N–H and O–H groups in total. The lowest BCUT2D eigenvalue weighted by atomic mass is 10.1. The number of piperidine rings is 1. The summed E-state index contributed by atoms with van der Waals surface area (Å²) in [6.07, 6.45) is 6.31. The van der Waals surface area contributed by atoms with E-state index in [1.807, 2.05) is 6.92 Å². The fourth-order valence-corrected chi connectivity index (χ4v) is 2.19. The number of nitro groups is 1. The Bertz CT molecular complexity index is 191. The highest BCUT2D eigenvalue weighted by Gasteiger charge is 2.17. The summed E-state index contributed by atoms with van der Waals surface area (Å²) < 4.78 is 0. The Morgan fingerprint density at radius 2 is 2.00 bits per heavy atom. The summed E-state index contributed by atoms with van der Waals surface area (Å²) >= 11 is 0. The quantitative estimate of drug-likeness (QED) is 0.503. The molecule has 1 rings (SSSR count). The Balaban J connectivity index is 2.11. The van der Waals surface area contributed by atoms with Crippen molar-refractivity contribution in [3.63, 3.8) is 0 Å². The zero-order chi connectivity index (χ0) is 11.1. The van der Waals surface area contributed by atoms with E-state index < -0.39 is 0 Å². The van der Waals surface area contributed by atoms with Crippen LogP contribution in [-0.4, -0.2) is 35.5 Å². The van der Waals surface area contributed by atoms with Crippen molar-refractivity contribution >= 4 is 0 Å². The van der Waals surface area contributed by atoms with Crippen molar-refractivity contribution < 1.29 is 4.92 Å². The van der Waals surface area contributed by atoms with E-state index in [9.17, 15) is 10.1 Å². The Hall–Kier alpha value is -0.640. The van der Waals surface area contributed by atoms with E-state index in [1.54, 1.807) is 0 Å². The van der Waals surface area contributed by atoms with Crippen LogP contribution in [0.2, 0.25) is 0 Å². The van der Waals surface area contributed by atoms with Crippen LogP contribution in [0.4, 0.5) is 0 Å². The van der Waals surface area contributed by atoms with Crippen molar-refractivity contribution in [3.05, 3.63) is 10.1 Å². The van der Waals surface area contributed by atoms with Crippen LogP contribution >= 0.6 is 0 Å². The van der Waals surface area contributed by atoms with Crippen molar-refractivity contribution in [1.29, 1.82) is 0 Å². The van der Waals surface area contributed by atoms with Crippen LogP contribution in [0.25, 0.3) is 0 Å². The van der Waals surface area contributed by atoms with Gasteiger partial charge in [-0.1, -0.05) is 13.3 Å². The van der Waals surface area contributed by atoms with Crippen LogP contribution in [0.3, 0.4) is 0 Å². The zero-order valence-corrected chi connectivity index (χ0v) is 9.65. The third-order valence-corrected chi connectivity index (χ3v) is 3.23. The summed E-state index contributed by atoms with van der Waals surface area (Å²) in [7, 11) is 0. The third-order valence-electron chi connectivity index (χ3n) is 3.23. The molecule has 15 heavy (non-hydrogen) atoms. The molecule has 0 aliphatic carbocycles. The molecule has 4 heteroatoms. The van der Waals surface area contributed by atoms with Crippen molar-refractivity contribution in [2.24, 2.45) is 0 Å². The second kappa shape index (κ2) is 6.77. The molecule has 88 valence electrons. The molecule has 1 aliphatic heterocycles. The van der Waals surface area contributed by atoms with Gasteiger partial charge in [-0.2, -0.15) is 0 Å². The van der Waals surface area contributed by atoms with Gasteiger partial charge in [0, 0.05) is 17.8 Å². The number of hydrogen-bond donors (Lipinski definition) is 0. The molecule has 1 fully saturated rings. The predicted octanol–water partition coefficient (Wildman–Crippen LogP) is 2.31. The van der Waals surface area contributed by atoms with Gasteiger partial charge in [0.15, 0.2) is 0 Å². The van der Waals surface area contributed by atoms with Gasteiger partial charge in [-0.15, -0.1) is 0 Å². The van der Waals surface area contributed by atoms with Gasteiger partial charge >= 0.3 is 0 Å². The van der Waals surface area contributed by atoms with Gasteiger partial charge < -0.3 is 4.90 Å². The molecule has 1 unspecified atom stereocenters. The molecular weight excluding hydrogens is 192 g/mol. The van der Waals surface area contributed by atoms with Gasteiger partial charge in [-0.05, 0) is 38.9 Å². The summed E-state index contributed by atoms with van der Waals surface area (Å²) in [5.74, 6) is 0. The largest absolute Gasteiger partial charge is 0.303 e. The molecule has 0 aromatic carbocycles. The van der Waals surface area contributed by atoms with Crippen molar-refractivity contribution in [3.8, 4) is 0 Å². The Kier molecular flexibility index (Phi) is 5.61. The number of nitrogens with zero attached hydrogens (tertiary/aromatic N) is 2. The van der Waals surface area contributed by atoms with Gasteiger partial charge in [0.25, 0.3) is 0 Å². The highest BCUT2D eigenvalue weighted by Crippen LogP contribution is 2.11. The first kappa shape index (κ1) is 12.4. The average Bonchev–Trinajstić information content (AvgIpc) is 2.25. The first-order chi connectivity index (χ1) is 7.24. The van der Waals surface area contributed by atoms with Crippen LogP contribution in [0.5, 0.6) is 0 Å². The fraction of sp³-hybridized carbons (Fsp3) is 1.00. The fourth-order valence-electron chi connectivity index (χ4n) is 2.19. The lowest BCUT2D eigenvalue weighted by Gasteiger charge is -2.26. The van der Waals surface area contributed by atoms with Crippen LogP contribution < -0.4 is 0 Å². The maximum atomic E-state index is 10.6. The minimum atomic E-state index is -0.324. The monoisotopic (exact) mass is 214 g/mol. The lowest BCUT2D eigenvalue weighted by Crippen LogP contribution is -2.31. The SMILES string of the molecule is CCC(CCCN1CCCCC1)[N+](=O)[O-]. The summed E-state index contributed by atoms with van der Waals surface area (Å²) in [5, 5.41) is 10.6. The van der Waals surface area contributed by atoms with Crippen molar-refractivity contribution in [2.45, 2.75) is 51.5 Å². The Morgan fingerprint density at radius 1 is 1.33 bits per heavy atom. The molecule has 0 bridgehead atoms. The van der Waals surface area contributed by atoms with Gasteiger partial charge in [-0.25, -0.2) is 0 Å². The van der Waals surface area contributed by atoms with Crippen LogP contribution in [0.1, 0.15) is 45.4 Å². The maximum Gasteiger partial charge on any atom is 0.212 e. The summed E-state index contributed by atoms with van der Waals surface area (Å²) in [4.78, 5) is 12.9. The van der Waals surface area contributed by atoms with Gasteiger partial charge in [0.1, 0.15) is 0 Å². The summed E-state index contributed by atoms with van der Waals surface area (Å²) in [6, 6.07) is -0.324. The van der Waals surface area contributed by atoms with E-state index in [2.05, 4.69) is 4.90 Å². The topological polar surface area (TPSA) is 46.4 Å². The van der Waals surface area contributed by atoms with E-state index in [-0.39, 0.29) is 11.0 Å². The second-order valence-corrected chi connectivity index (χ2v) is 4.39. The Labute approximate surface area is 91.8 Å². The molecule has 0 spiro atoms. The lowest BCUT2D eigenvalue weighted by molar-refractivity contribution is -0.523. The summed E-state index contributed by atoms with van der Waals surface area (Å²) in [5.41, 5.74) is 0. The van der Waals surface area contributed by atoms with E-state index in [0.29, 0.717) is 6.42 Å². The molecule has 0 radical (unpaired) electrons. The first-order valence-corrected chi connectivity index (χ1v) is 6.10. The number of hydrogen-bond acceptors (Lipinski definition) is 3.